The molecule has 2 rings (SSSR count). The highest BCUT2D eigenvalue weighted by molar-refractivity contribution is 5.90. The van der Waals surface area contributed by atoms with Gasteiger partial charge in [0.15, 0.2) is 0 Å². The third-order valence-electron chi connectivity index (χ3n) is 3.52. The van der Waals surface area contributed by atoms with Crippen LogP contribution >= 0.6 is 0 Å². The molecule has 0 aliphatic heterocycles. The molecule has 1 saturated carbocycles. The number of carbonyl (C=O) groups excluding carboxylic acids is 1. The monoisotopic (exact) mass is 247 g/mol. The zero-order valence-corrected chi connectivity index (χ0v) is 10.8. The molecule has 1 aliphatic rings. The largest absolute Gasteiger partial charge is 0.399 e. The first-order valence-electron chi connectivity index (χ1n) is 6.52. The Balaban J connectivity index is 1.92. The van der Waals surface area contributed by atoms with Crippen molar-refractivity contribution in [2.75, 3.05) is 11.1 Å². The molecule has 0 unspecified atom stereocenters. The average Bonchev–Trinajstić information content (AvgIpc) is 2.28. The second-order valence-corrected chi connectivity index (χ2v) is 5.33. The standard InChI is InChI=1S/C14H21N3O/c1-14(8-3-2-4-9-14)17-13(18)16-12-7-5-6-11(15)10-12/h5-7,10H,2-4,8-9,15H2,1H3,(H2,16,17,18). The Morgan fingerprint density at radius 2 is 2.00 bits per heavy atom. The van der Waals surface area contributed by atoms with Crippen molar-refractivity contribution in [2.45, 2.75) is 44.6 Å². The van der Waals surface area contributed by atoms with Crippen molar-refractivity contribution in [2.24, 2.45) is 0 Å². The minimum atomic E-state index is -0.148. The van der Waals surface area contributed by atoms with Gasteiger partial charge in [-0.05, 0) is 38.0 Å². The van der Waals surface area contributed by atoms with Crippen molar-refractivity contribution in [3.05, 3.63) is 24.3 Å². The first kappa shape index (κ1) is 12.7. The number of nitrogens with two attached hydrogens (primary N) is 1. The van der Waals surface area contributed by atoms with E-state index < -0.39 is 0 Å². The molecular weight excluding hydrogens is 226 g/mol. The smallest absolute Gasteiger partial charge is 0.319 e. The molecule has 4 heteroatoms. The lowest BCUT2D eigenvalue weighted by molar-refractivity contribution is 0.221. The van der Waals surface area contributed by atoms with Crippen molar-refractivity contribution in [3.8, 4) is 0 Å². The molecule has 1 aromatic rings. The number of nitrogens with one attached hydrogen (secondary N) is 2. The van der Waals surface area contributed by atoms with E-state index in [1.165, 1.54) is 19.3 Å². The van der Waals surface area contributed by atoms with Crippen molar-refractivity contribution in [1.82, 2.24) is 5.32 Å². The normalized spacial score (nSPS) is 18.1. The summed E-state index contributed by atoms with van der Waals surface area (Å²) in [4.78, 5) is 11.9. The number of anilines is 2. The van der Waals surface area contributed by atoms with E-state index in [-0.39, 0.29) is 11.6 Å². The number of hydrogen-bond acceptors (Lipinski definition) is 2. The minimum Gasteiger partial charge on any atom is -0.399 e. The maximum atomic E-state index is 11.9. The van der Waals surface area contributed by atoms with Gasteiger partial charge >= 0.3 is 6.03 Å². The van der Waals surface area contributed by atoms with Gasteiger partial charge in [-0.2, -0.15) is 0 Å². The summed E-state index contributed by atoms with van der Waals surface area (Å²) in [6, 6.07) is 7.06. The van der Waals surface area contributed by atoms with E-state index in [0.717, 1.165) is 18.5 Å². The Hall–Kier alpha value is -1.71. The molecule has 0 atom stereocenters. The second-order valence-electron chi connectivity index (χ2n) is 5.33. The van der Waals surface area contributed by atoms with Crippen LogP contribution in [0.5, 0.6) is 0 Å². The summed E-state index contributed by atoms with van der Waals surface area (Å²) in [7, 11) is 0. The number of rotatable bonds is 2. The molecule has 0 saturated heterocycles. The SMILES string of the molecule is CC1(NC(=O)Nc2cccc(N)c2)CCCCC1. The molecule has 98 valence electrons. The topological polar surface area (TPSA) is 67.2 Å². The average molecular weight is 247 g/mol. The number of carbonyl (C=O) groups is 1. The van der Waals surface area contributed by atoms with Crippen LogP contribution in [0.1, 0.15) is 39.0 Å². The van der Waals surface area contributed by atoms with Gasteiger partial charge in [-0.1, -0.05) is 25.3 Å². The first-order chi connectivity index (χ1) is 8.57. The molecule has 2 amide bonds. The zero-order chi connectivity index (χ0) is 13.0. The first-order valence-corrected chi connectivity index (χ1v) is 6.52. The van der Waals surface area contributed by atoms with E-state index in [1.54, 1.807) is 12.1 Å². The molecule has 4 N–H and O–H groups in total. The lowest BCUT2D eigenvalue weighted by atomic mass is 9.83. The van der Waals surface area contributed by atoms with Gasteiger partial charge in [0.05, 0.1) is 0 Å². The molecule has 1 aliphatic carbocycles. The Morgan fingerprint density at radius 1 is 1.28 bits per heavy atom. The van der Waals surface area contributed by atoms with Crippen LogP contribution in [0.4, 0.5) is 16.2 Å². The molecule has 0 bridgehead atoms. The van der Waals surface area contributed by atoms with Gasteiger partial charge < -0.3 is 16.4 Å². The van der Waals surface area contributed by atoms with Crippen LogP contribution in [-0.4, -0.2) is 11.6 Å². The van der Waals surface area contributed by atoms with E-state index in [9.17, 15) is 4.79 Å². The van der Waals surface area contributed by atoms with E-state index >= 15 is 0 Å². The summed E-state index contributed by atoms with van der Waals surface area (Å²) in [5, 5.41) is 5.90. The van der Waals surface area contributed by atoms with Gasteiger partial charge in [-0.3, -0.25) is 0 Å². The van der Waals surface area contributed by atoms with Crippen LogP contribution < -0.4 is 16.4 Å². The molecular formula is C14H21N3O. The predicted octanol–water partition coefficient (Wildman–Crippen LogP) is 3.11. The quantitative estimate of drug-likeness (QED) is 0.703. The Morgan fingerprint density at radius 3 is 2.67 bits per heavy atom. The molecule has 1 aromatic carbocycles. The van der Waals surface area contributed by atoms with Gasteiger partial charge in [0.2, 0.25) is 0 Å². The van der Waals surface area contributed by atoms with E-state index in [4.69, 9.17) is 5.73 Å². The van der Waals surface area contributed by atoms with Crippen LogP contribution in [0.2, 0.25) is 0 Å². The number of nitrogen functional groups attached to an aromatic ring is 1. The summed E-state index contributed by atoms with van der Waals surface area (Å²) >= 11 is 0. The van der Waals surface area contributed by atoms with E-state index in [1.807, 2.05) is 12.1 Å². The fourth-order valence-corrected chi connectivity index (χ4v) is 2.51. The number of amides is 2. The van der Waals surface area contributed by atoms with Crippen molar-refractivity contribution < 1.29 is 4.79 Å². The van der Waals surface area contributed by atoms with Gasteiger partial charge in [0.25, 0.3) is 0 Å². The van der Waals surface area contributed by atoms with Crippen molar-refractivity contribution in [3.63, 3.8) is 0 Å². The molecule has 0 aromatic heterocycles. The summed E-state index contributed by atoms with van der Waals surface area (Å²) in [5.74, 6) is 0. The highest BCUT2D eigenvalue weighted by Gasteiger charge is 2.28. The molecule has 0 heterocycles. The Kier molecular flexibility index (Phi) is 3.75. The van der Waals surface area contributed by atoms with Crippen LogP contribution in [0.15, 0.2) is 24.3 Å². The van der Waals surface area contributed by atoms with Crippen LogP contribution in [0.3, 0.4) is 0 Å². The molecule has 4 nitrogen and oxygen atoms in total. The van der Waals surface area contributed by atoms with Gasteiger partial charge in [0, 0.05) is 16.9 Å². The molecule has 0 spiro atoms. The van der Waals surface area contributed by atoms with Crippen molar-refractivity contribution in [1.29, 1.82) is 0 Å². The summed E-state index contributed by atoms with van der Waals surface area (Å²) in [5.41, 5.74) is 6.98. The Bertz CT molecular complexity index is 425. The predicted molar refractivity (Wildman–Crippen MR) is 74.5 cm³/mol. The summed E-state index contributed by atoms with van der Waals surface area (Å²) < 4.78 is 0. The number of urea groups is 1. The van der Waals surface area contributed by atoms with Gasteiger partial charge in [-0.15, -0.1) is 0 Å². The number of hydrogen-bond donors (Lipinski definition) is 3. The Labute approximate surface area is 108 Å². The highest BCUT2D eigenvalue weighted by atomic mass is 16.2. The molecule has 18 heavy (non-hydrogen) atoms. The van der Waals surface area contributed by atoms with E-state index in [2.05, 4.69) is 17.6 Å². The number of benzene rings is 1. The lowest BCUT2D eigenvalue weighted by Crippen LogP contribution is -2.48. The van der Waals surface area contributed by atoms with Gasteiger partial charge in [-0.25, -0.2) is 4.79 Å². The van der Waals surface area contributed by atoms with Crippen LogP contribution in [0, 0.1) is 0 Å². The third-order valence-corrected chi connectivity index (χ3v) is 3.52. The molecule has 1 fully saturated rings. The second kappa shape index (κ2) is 5.29. The van der Waals surface area contributed by atoms with Crippen molar-refractivity contribution >= 4 is 17.4 Å². The fourth-order valence-electron chi connectivity index (χ4n) is 2.51. The maximum absolute atomic E-state index is 11.9. The highest BCUT2D eigenvalue weighted by Crippen LogP contribution is 2.27. The van der Waals surface area contributed by atoms with Crippen LogP contribution in [-0.2, 0) is 0 Å². The molecule has 0 radical (unpaired) electrons. The maximum Gasteiger partial charge on any atom is 0.319 e. The van der Waals surface area contributed by atoms with E-state index in [0.29, 0.717) is 5.69 Å². The summed E-state index contributed by atoms with van der Waals surface area (Å²) in [6.07, 6.45) is 5.76. The van der Waals surface area contributed by atoms with Crippen LogP contribution in [0.25, 0.3) is 0 Å². The fraction of sp³-hybridized carbons (Fsp3) is 0.500. The lowest BCUT2D eigenvalue weighted by Gasteiger charge is -2.34. The minimum absolute atomic E-state index is 0.0668. The summed E-state index contributed by atoms with van der Waals surface area (Å²) in [6.45, 7) is 2.12. The zero-order valence-electron chi connectivity index (χ0n) is 10.8. The third kappa shape index (κ3) is 3.39. The van der Waals surface area contributed by atoms with Gasteiger partial charge in [0.1, 0.15) is 0 Å².